The lowest BCUT2D eigenvalue weighted by Crippen LogP contribution is -2.21. The molecule has 0 heterocycles. The molecule has 0 aliphatic carbocycles. The summed E-state index contributed by atoms with van der Waals surface area (Å²) < 4.78 is 5.55. The first-order chi connectivity index (χ1) is 15.3. The molecule has 0 aromatic heterocycles. The van der Waals surface area contributed by atoms with Gasteiger partial charge in [-0.1, -0.05) is 0 Å². The summed E-state index contributed by atoms with van der Waals surface area (Å²) in [6, 6.07) is 13.2. The largest absolute Gasteiger partial charge is 0.494 e. The molecule has 0 fully saturated rings. The van der Waals surface area contributed by atoms with Crippen LogP contribution < -0.4 is 4.74 Å². The van der Waals surface area contributed by atoms with Gasteiger partial charge in [-0.05, 0) is 67.2 Å². The van der Waals surface area contributed by atoms with Crippen LogP contribution in [0.1, 0.15) is 41.6 Å². The number of ketones is 2. The second-order valence-electron chi connectivity index (χ2n) is 6.93. The molecule has 2 rings (SSSR count). The van der Waals surface area contributed by atoms with Crippen molar-refractivity contribution in [3.8, 4) is 5.75 Å². The molecule has 8 nitrogen and oxygen atoms in total. The summed E-state index contributed by atoms with van der Waals surface area (Å²) in [5, 5.41) is 20.0. The molecule has 0 spiro atoms. The number of benzene rings is 2. The highest BCUT2D eigenvalue weighted by molar-refractivity contribution is 7.78. The van der Waals surface area contributed by atoms with Crippen molar-refractivity contribution in [1.29, 1.82) is 0 Å². The van der Waals surface area contributed by atoms with Crippen LogP contribution in [0.5, 0.6) is 5.75 Å². The van der Waals surface area contributed by atoms with Gasteiger partial charge in [0.2, 0.25) is 0 Å². The maximum Gasteiger partial charge on any atom is 0.307 e. The first-order valence-electron chi connectivity index (χ1n) is 9.72. The average molecular weight is 455 g/mol. The third-order valence-corrected chi connectivity index (χ3v) is 4.63. The summed E-state index contributed by atoms with van der Waals surface area (Å²) in [6.07, 6.45) is -0.468. The molecule has 0 aliphatic rings. The van der Waals surface area contributed by atoms with Crippen molar-refractivity contribution >= 4 is 46.6 Å². The lowest BCUT2D eigenvalue weighted by Gasteiger charge is -2.10. The molecular formula is C23H21NO7S. The van der Waals surface area contributed by atoms with E-state index in [-0.39, 0.29) is 31.0 Å². The molecular weight excluding hydrogens is 434 g/mol. The first kappa shape index (κ1) is 24.6. The van der Waals surface area contributed by atoms with Crippen molar-refractivity contribution in [2.75, 3.05) is 6.61 Å². The highest BCUT2D eigenvalue weighted by Crippen LogP contribution is 2.19. The van der Waals surface area contributed by atoms with E-state index in [9.17, 15) is 19.2 Å². The highest BCUT2D eigenvalue weighted by atomic mass is 32.1. The van der Waals surface area contributed by atoms with E-state index < -0.39 is 24.3 Å². The molecule has 9 heteroatoms. The monoisotopic (exact) mass is 455 g/mol. The Morgan fingerprint density at radius 2 is 1.53 bits per heavy atom. The third-order valence-electron chi connectivity index (χ3n) is 4.53. The summed E-state index contributed by atoms with van der Waals surface area (Å²) >= 11 is 4.54. The lowest BCUT2D eigenvalue weighted by atomic mass is 9.97. The van der Waals surface area contributed by atoms with Crippen LogP contribution in [0.4, 0.5) is 5.69 Å². The van der Waals surface area contributed by atoms with Gasteiger partial charge in [0.1, 0.15) is 11.5 Å². The number of rotatable bonds is 13. The van der Waals surface area contributed by atoms with Crippen molar-refractivity contribution in [2.24, 2.45) is 10.9 Å². The van der Waals surface area contributed by atoms with Gasteiger partial charge in [-0.3, -0.25) is 19.2 Å². The number of hydrogen-bond donors (Lipinski definition) is 2. The van der Waals surface area contributed by atoms with Gasteiger partial charge in [-0.2, -0.15) is 4.99 Å². The molecule has 0 saturated carbocycles. The van der Waals surface area contributed by atoms with E-state index in [0.717, 1.165) is 0 Å². The topological polar surface area (TPSA) is 130 Å². The normalized spacial score (nSPS) is 11.1. The Hall–Kier alpha value is -3.68. The van der Waals surface area contributed by atoms with E-state index in [1.165, 1.54) is 0 Å². The third kappa shape index (κ3) is 7.86. The van der Waals surface area contributed by atoms with Crippen LogP contribution in [0, 0.1) is 5.92 Å². The fourth-order valence-corrected chi connectivity index (χ4v) is 3.01. The lowest BCUT2D eigenvalue weighted by molar-refractivity contribution is -0.149. The van der Waals surface area contributed by atoms with Crippen LogP contribution in [0.15, 0.2) is 53.5 Å². The number of hydrogen-bond acceptors (Lipinski definition) is 7. The number of isothiocyanates is 1. The second-order valence-corrected chi connectivity index (χ2v) is 7.11. The molecule has 0 bridgehead atoms. The van der Waals surface area contributed by atoms with Gasteiger partial charge in [0.25, 0.3) is 0 Å². The Balaban J connectivity index is 1.81. The number of ether oxygens (including phenoxy) is 1. The van der Waals surface area contributed by atoms with Gasteiger partial charge in [0, 0.05) is 24.0 Å². The molecule has 0 aliphatic heterocycles. The van der Waals surface area contributed by atoms with Gasteiger partial charge in [-0.25, -0.2) is 0 Å². The van der Waals surface area contributed by atoms with Crippen molar-refractivity contribution in [1.82, 2.24) is 0 Å². The number of thiocarbonyl (C=S) groups is 1. The van der Waals surface area contributed by atoms with Gasteiger partial charge in [0.15, 0.2) is 5.78 Å². The molecule has 166 valence electrons. The molecule has 0 amide bonds. The average Bonchev–Trinajstić information content (AvgIpc) is 2.76. The predicted molar refractivity (Wildman–Crippen MR) is 119 cm³/mol. The number of carbonyl (C=O) groups is 4. The number of nitrogens with zero attached hydrogens (tertiary/aromatic N) is 1. The SMILES string of the molecule is O=C(O)CC(CC(=O)CCCOc1ccc(C(=O)c2ccc(N=C=S)cc2)cc1)C(=O)O. The number of carboxylic acids is 2. The molecule has 2 N–H and O–H groups in total. The molecule has 2 aromatic carbocycles. The summed E-state index contributed by atoms with van der Waals surface area (Å²) in [5.41, 5.74) is 1.60. The van der Waals surface area contributed by atoms with Crippen LogP contribution >= 0.6 is 12.2 Å². The minimum absolute atomic E-state index is 0.0865. The minimum Gasteiger partial charge on any atom is -0.494 e. The minimum atomic E-state index is -1.30. The first-order valence-corrected chi connectivity index (χ1v) is 10.1. The number of aliphatic imine (C=N–C) groups is 1. The molecule has 1 unspecified atom stereocenters. The summed E-state index contributed by atoms with van der Waals surface area (Å²) in [6.45, 7) is 0.220. The van der Waals surface area contributed by atoms with Crippen LogP contribution in [0.25, 0.3) is 0 Å². The Bertz CT molecular complexity index is 1030. The number of carbonyl (C=O) groups excluding carboxylic acids is 2. The van der Waals surface area contributed by atoms with Gasteiger partial charge in [0.05, 0.1) is 29.8 Å². The zero-order valence-electron chi connectivity index (χ0n) is 17.0. The Morgan fingerprint density at radius 3 is 2.06 bits per heavy atom. The van der Waals surface area contributed by atoms with E-state index in [1.807, 2.05) is 0 Å². The van der Waals surface area contributed by atoms with Crippen molar-refractivity contribution in [2.45, 2.75) is 25.7 Å². The molecule has 0 saturated heterocycles. The fourth-order valence-electron chi connectivity index (χ4n) is 2.90. The maximum absolute atomic E-state index is 12.5. The number of Topliss-reactive ketones (excluding diaryl/α,β-unsaturated/α-hetero) is 1. The standard InChI is InChI=1S/C23H21NO7S/c25-19(12-17(23(29)30)13-21(26)27)2-1-11-31-20-9-5-16(6-10-20)22(28)15-3-7-18(8-4-15)24-14-32/h3-10,17H,1-2,11-13H2,(H,26,27)(H,29,30). The summed E-state index contributed by atoms with van der Waals surface area (Å²) in [5.74, 6) is -3.75. The summed E-state index contributed by atoms with van der Waals surface area (Å²) in [4.78, 5) is 50.0. The van der Waals surface area contributed by atoms with Crippen LogP contribution in [0.3, 0.4) is 0 Å². The molecule has 32 heavy (non-hydrogen) atoms. The Labute approximate surface area is 189 Å². The quantitative estimate of drug-likeness (QED) is 0.201. The van der Waals surface area contributed by atoms with Crippen LogP contribution in [-0.2, 0) is 14.4 Å². The Morgan fingerprint density at radius 1 is 0.938 bits per heavy atom. The summed E-state index contributed by atoms with van der Waals surface area (Å²) in [7, 11) is 0. The maximum atomic E-state index is 12.5. The van der Waals surface area contributed by atoms with Crippen molar-refractivity contribution in [3.05, 3.63) is 59.7 Å². The van der Waals surface area contributed by atoms with Crippen LogP contribution in [0.2, 0.25) is 0 Å². The Kier molecular flexibility index (Phi) is 9.41. The van der Waals surface area contributed by atoms with E-state index in [2.05, 4.69) is 22.4 Å². The molecule has 2 aromatic rings. The van der Waals surface area contributed by atoms with E-state index in [4.69, 9.17) is 14.9 Å². The van der Waals surface area contributed by atoms with Crippen LogP contribution in [-0.4, -0.2) is 45.5 Å². The number of aliphatic carboxylic acids is 2. The second kappa shape index (κ2) is 12.2. The van der Waals surface area contributed by atoms with Crippen molar-refractivity contribution in [3.63, 3.8) is 0 Å². The van der Waals surface area contributed by atoms with E-state index in [1.54, 1.807) is 48.5 Å². The zero-order chi connectivity index (χ0) is 23.5. The molecule has 0 radical (unpaired) electrons. The van der Waals surface area contributed by atoms with Crippen molar-refractivity contribution < 1.29 is 34.1 Å². The van der Waals surface area contributed by atoms with Gasteiger partial charge >= 0.3 is 11.9 Å². The number of carboxylic acid groups (broad SMARTS) is 2. The van der Waals surface area contributed by atoms with E-state index >= 15 is 0 Å². The smallest absolute Gasteiger partial charge is 0.307 e. The van der Waals surface area contributed by atoms with Gasteiger partial charge < -0.3 is 14.9 Å². The highest BCUT2D eigenvalue weighted by Gasteiger charge is 2.23. The van der Waals surface area contributed by atoms with Gasteiger partial charge in [-0.15, -0.1) is 0 Å². The fraction of sp³-hybridized carbons (Fsp3) is 0.261. The van der Waals surface area contributed by atoms with E-state index in [0.29, 0.717) is 29.0 Å². The zero-order valence-corrected chi connectivity index (χ0v) is 17.8. The molecule has 1 atom stereocenters. The predicted octanol–water partition coefficient (Wildman–Crippen LogP) is 3.95.